The maximum absolute atomic E-state index is 12.4. The number of ketones is 2. The number of ether oxygens (including phenoxy) is 3. The molecule has 0 aromatic heterocycles. The van der Waals surface area contributed by atoms with E-state index in [1.165, 1.54) is 0 Å². The third kappa shape index (κ3) is 4.74. The SMILES string of the molecule is CCOC(OCC)(OCC)C(=O)CC(=O)c1ccccc1. The lowest BCUT2D eigenvalue weighted by atomic mass is 10.1. The predicted octanol–water partition coefficient (Wildman–Crippen LogP) is 2.59. The van der Waals surface area contributed by atoms with Crippen molar-refractivity contribution in [2.24, 2.45) is 0 Å². The van der Waals surface area contributed by atoms with Crippen LogP contribution in [-0.4, -0.2) is 37.4 Å². The van der Waals surface area contributed by atoms with Crippen molar-refractivity contribution in [2.45, 2.75) is 33.2 Å². The van der Waals surface area contributed by atoms with Crippen molar-refractivity contribution in [1.29, 1.82) is 0 Å². The van der Waals surface area contributed by atoms with Crippen LogP contribution in [-0.2, 0) is 19.0 Å². The van der Waals surface area contributed by atoms with Gasteiger partial charge in [-0.25, -0.2) is 0 Å². The van der Waals surface area contributed by atoms with Crippen LogP contribution in [0.15, 0.2) is 30.3 Å². The third-order valence-electron chi connectivity index (χ3n) is 2.76. The molecule has 5 heteroatoms. The minimum Gasteiger partial charge on any atom is -0.322 e. The number of benzene rings is 1. The molecule has 21 heavy (non-hydrogen) atoms. The molecule has 0 aliphatic rings. The third-order valence-corrected chi connectivity index (χ3v) is 2.76. The highest BCUT2D eigenvalue weighted by Crippen LogP contribution is 2.20. The van der Waals surface area contributed by atoms with Crippen LogP contribution >= 0.6 is 0 Å². The van der Waals surface area contributed by atoms with Gasteiger partial charge in [0.2, 0.25) is 5.78 Å². The van der Waals surface area contributed by atoms with E-state index in [4.69, 9.17) is 14.2 Å². The highest BCUT2D eigenvalue weighted by molar-refractivity contribution is 6.09. The molecule has 0 fully saturated rings. The van der Waals surface area contributed by atoms with Gasteiger partial charge < -0.3 is 14.2 Å². The summed E-state index contributed by atoms with van der Waals surface area (Å²) in [5, 5.41) is 0. The van der Waals surface area contributed by atoms with Gasteiger partial charge in [0.15, 0.2) is 5.78 Å². The summed E-state index contributed by atoms with van der Waals surface area (Å²) >= 11 is 0. The molecule has 0 aliphatic carbocycles. The molecule has 116 valence electrons. The van der Waals surface area contributed by atoms with E-state index < -0.39 is 11.8 Å². The van der Waals surface area contributed by atoms with Crippen LogP contribution in [0.1, 0.15) is 37.6 Å². The molecule has 0 radical (unpaired) electrons. The Kier molecular flexibility index (Phi) is 7.22. The van der Waals surface area contributed by atoms with Crippen molar-refractivity contribution in [1.82, 2.24) is 0 Å². The quantitative estimate of drug-likeness (QED) is 0.377. The summed E-state index contributed by atoms with van der Waals surface area (Å²) in [6.07, 6.45) is -0.329. The van der Waals surface area contributed by atoms with Crippen molar-refractivity contribution < 1.29 is 23.8 Å². The fourth-order valence-electron chi connectivity index (χ4n) is 1.92. The van der Waals surface area contributed by atoms with Gasteiger partial charge in [0, 0.05) is 5.56 Å². The molecule has 0 atom stereocenters. The van der Waals surface area contributed by atoms with Gasteiger partial charge in [-0.2, -0.15) is 0 Å². The number of Topliss-reactive ketones (excluding diaryl/α,β-unsaturated/α-hetero) is 2. The monoisotopic (exact) mass is 294 g/mol. The normalized spacial score (nSPS) is 11.4. The van der Waals surface area contributed by atoms with E-state index in [1.807, 2.05) is 6.07 Å². The van der Waals surface area contributed by atoms with E-state index in [9.17, 15) is 9.59 Å². The van der Waals surface area contributed by atoms with Crippen molar-refractivity contribution in [3.8, 4) is 0 Å². The molecule has 0 unspecified atom stereocenters. The second kappa shape index (κ2) is 8.67. The molecule has 1 aromatic rings. The Hall–Kier alpha value is -1.56. The predicted molar refractivity (Wildman–Crippen MR) is 78.0 cm³/mol. The summed E-state index contributed by atoms with van der Waals surface area (Å²) in [6.45, 7) is 5.93. The van der Waals surface area contributed by atoms with E-state index in [1.54, 1.807) is 45.0 Å². The minimum atomic E-state index is -1.79. The van der Waals surface area contributed by atoms with Crippen LogP contribution in [0.5, 0.6) is 0 Å². The Bertz CT molecular complexity index is 438. The van der Waals surface area contributed by atoms with E-state index in [0.29, 0.717) is 5.56 Å². The van der Waals surface area contributed by atoms with Gasteiger partial charge in [-0.15, -0.1) is 0 Å². The van der Waals surface area contributed by atoms with Crippen LogP contribution in [0.2, 0.25) is 0 Å². The van der Waals surface area contributed by atoms with E-state index in [0.717, 1.165) is 0 Å². The van der Waals surface area contributed by atoms with E-state index in [2.05, 4.69) is 0 Å². The molecule has 0 N–H and O–H groups in total. The average Bonchev–Trinajstić information content (AvgIpc) is 2.48. The van der Waals surface area contributed by atoms with Gasteiger partial charge in [-0.1, -0.05) is 30.3 Å². The molecule has 0 aliphatic heterocycles. The highest BCUT2D eigenvalue weighted by atomic mass is 16.9. The van der Waals surface area contributed by atoms with Crippen LogP contribution in [0.25, 0.3) is 0 Å². The van der Waals surface area contributed by atoms with E-state index >= 15 is 0 Å². The number of rotatable bonds is 10. The van der Waals surface area contributed by atoms with Gasteiger partial charge in [-0.05, 0) is 20.8 Å². The number of carbonyl (C=O) groups excluding carboxylic acids is 2. The summed E-state index contributed by atoms with van der Waals surface area (Å²) in [5.74, 6) is -2.60. The van der Waals surface area contributed by atoms with Crippen LogP contribution in [0.4, 0.5) is 0 Å². The van der Waals surface area contributed by atoms with E-state index in [-0.39, 0.29) is 32.0 Å². The second-order valence-corrected chi connectivity index (χ2v) is 4.24. The first-order chi connectivity index (χ1) is 10.1. The van der Waals surface area contributed by atoms with Crippen LogP contribution in [0.3, 0.4) is 0 Å². The summed E-state index contributed by atoms with van der Waals surface area (Å²) < 4.78 is 16.1. The van der Waals surface area contributed by atoms with Crippen LogP contribution in [0, 0.1) is 0 Å². The van der Waals surface area contributed by atoms with Crippen molar-refractivity contribution in [3.63, 3.8) is 0 Å². The zero-order valence-corrected chi connectivity index (χ0v) is 12.8. The topological polar surface area (TPSA) is 61.8 Å². The Morgan fingerprint density at radius 2 is 1.38 bits per heavy atom. The largest absolute Gasteiger partial charge is 0.347 e. The standard InChI is InChI=1S/C16H22O5/c1-4-19-16(20-5-2,21-6-3)15(18)12-14(17)13-10-8-7-9-11-13/h7-11H,4-6,12H2,1-3H3. The molecule has 0 amide bonds. The molecule has 5 nitrogen and oxygen atoms in total. The molecule has 0 spiro atoms. The van der Waals surface area contributed by atoms with Crippen LogP contribution < -0.4 is 0 Å². The number of hydrogen-bond donors (Lipinski definition) is 0. The lowest BCUT2D eigenvalue weighted by Gasteiger charge is -2.30. The fraction of sp³-hybridized carbons (Fsp3) is 0.500. The molecule has 1 rings (SSSR count). The molecule has 0 saturated carbocycles. The molecule has 0 saturated heterocycles. The smallest absolute Gasteiger partial charge is 0.322 e. The molecule has 0 heterocycles. The highest BCUT2D eigenvalue weighted by Gasteiger charge is 2.42. The Labute approximate surface area is 125 Å². The van der Waals surface area contributed by atoms with Crippen molar-refractivity contribution in [3.05, 3.63) is 35.9 Å². The molecular formula is C16H22O5. The first-order valence-electron chi connectivity index (χ1n) is 7.13. The Morgan fingerprint density at radius 3 is 1.81 bits per heavy atom. The maximum Gasteiger partial charge on any atom is 0.347 e. The zero-order valence-electron chi connectivity index (χ0n) is 12.8. The second-order valence-electron chi connectivity index (χ2n) is 4.24. The molecular weight excluding hydrogens is 272 g/mol. The molecule has 0 bridgehead atoms. The van der Waals surface area contributed by atoms with Gasteiger partial charge in [-0.3, -0.25) is 9.59 Å². The first kappa shape index (κ1) is 17.5. The number of carbonyl (C=O) groups is 2. The maximum atomic E-state index is 12.4. The van der Waals surface area contributed by atoms with Gasteiger partial charge in [0.1, 0.15) is 0 Å². The fourth-order valence-corrected chi connectivity index (χ4v) is 1.92. The first-order valence-corrected chi connectivity index (χ1v) is 7.13. The lowest BCUT2D eigenvalue weighted by molar-refractivity contribution is -0.349. The minimum absolute atomic E-state index is 0.241. The summed E-state index contributed by atoms with van der Waals surface area (Å²) in [6, 6.07) is 8.64. The Balaban J connectivity index is 2.87. The lowest BCUT2D eigenvalue weighted by Crippen LogP contribution is -2.48. The molecule has 1 aromatic carbocycles. The average molecular weight is 294 g/mol. The number of hydrogen-bond acceptors (Lipinski definition) is 5. The van der Waals surface area contributed by atoms with Crippen molar-refractivity contribution >= 4 is 11.6 Å². The van der Waals surface area contributed by atoms with Gasteiger partial charge in [0.25, 0.3) is 0 Å². The summed E-state index contributed by atoms with van der Waals surface area (Å²) in [7, 11) is 0. The summed E-state index contributed by atoms with van der Waals surface area (Å²) in [5.41, 5.74) is 0.476. The summed E-state index contributed by atoms with van der Waals surface area (Å²) in [4.78, 5) is 24.5. The van der Waals surface area contributed by atoms with Gasteiger partial charge in [0.05, 0.1) is 26.2 Å². The van der Waals surface area contributed by atoms with Gasteiger partial charge >= 0.3 is 5.97 Å². The zero-order chi connectivity index (χ0) is 15.7. The van der Waals surface area contributed by atoms with Crippen molar-refractivity contribution in [2.75, 3.05) is 19.8 Å². The Morgan fingerprint density at radius 1 is 0.905 bits per heavy atom.